The molecule has 3 nitrogen and oxygen atoms in total. The third-order valence-corrected chi connectivity index (χ3v) is 3.03. The molecule has 0 spiro atoms. The third kappa shape index (κ3) is 2.61. The molecule has 0 radical (unpaired) electrons. The number of hydrogen-bond acceptors (Lipinski definition) is 3. The fourth-order valence-electron chi connectivity index (χ4n) is 1.82. The molecule has 1 heterocycles. The molecule has 2 atom stereocenters. The van der Waals surface area contributed by atoms with Crippen molar-refractivity contribution in [2.75, 3.05) is 5.88 Å². The van der Waals surface area contributed by atoms with Gasteiger partial charge in [-0.15, -0.1) is 11.6 Å². The summed E-state index contributed by atoms with van der Waals surface area (Å²) in [4.78, 5) is 4.02. The maximum absolute atomic E-state index is 13.8. The van der Waals surface area contributed by atoms with Crippen LogP contribution in [0.4, 0.5) is 4.39 Å². The van der Waals surface area contributed by atoms with Gasteiger partial charge in [0.2, 0.25) is 0 Å². The van der Waals surface area contributed by atoms with Crippen molar-refractivity contribution in [2.24, 2.45) is 0 Å². The lowest BCUT2D eigenvalue weighted by atomic mass is 10.00. The summed E-state index contributed by atoms with van der Waals surface area (Å²) in [7, 11) is 0. The number of alkyl halides is 1. The summed E-state index contributed by atoms with van der Waals surface area (Å²) in [5.74, 6) is -0.378. The van der Waals surface area contributed by atoms with Crippen molar-refractivity contribution in [1.82, 2.24) is 4.98 Å². The van der Waals surface area contributed by atoms with Gasteiger partial charge in [0, 0.05) is 29.1 Å². The minimum absolute atomic E-state index is 0.0631. The molecule has 5 heteroatoms. The SMILES string of the molecule is OC(CCCl)C(O)c1cc2cccnc2cc1F. The lowest BCUT2D eigenvalue weighted by Gasteiger charge is -2.18. The lowest BCUT2D eigenvalue weighted by Crippen LogP contribution is -2.19. The van der Waals surface area contributed by atoms with Gasteiger partial charge in [-0.2, -0.15) is 0 Å². The Bertz CT molecular complexity index is 550. The van der Waals surface area contributed by atoms with Crippen LogP contribution >= 0.6 is 11.6 Å². The molecule has 2 unspecified atom stereocenters. The van der Waals surface area contributed by atoms with E-state index in [4.69, 9.17) is 11.6 Å². The van der Waals surface area contributed by atoms with Crippen LogP contribution in [-0.4, -0.2) is 27.2 Å². The van der Waals surface area contributed by atoms with Crippen LogP contribution < -0.4 is 0 Å². The second kappa shape index (κ2) is 5.61. The van der Waals surface area contributed by atoms with Gasteiger partial charge in [0.05, 0.1) is 11.6 Å². The van der Waals surface area contributed by atoms with Gasteiger partial charge in [0.15, 0.2) is 0 Å². The third-order valence-electron chi connectivity index (χ3n) is 2.81. The summed E-state index contributed by atoms with van der Waals surface area (Å²) < 4.78 is 13.8. The van der Waals surface area contributed by atoms with Crippen molar-refractivity contribution in [2.45, 2.75) is 18.6 Å². The highest BCUT2D eigenvalue weighted by molar-refractivity contribution is 6.17. The van der Waals surface area contributed by atoms with Crippen molar-refractivity contribution in [3.05, 3.63) is 41.8 Å². The van der Waals surface area contributed by atoms with E-state index in [0.29, 0.717) is 10.9 Å². The minimum Gasteiger partial charge on any atom is -0.390 e. The predicted octanol–water partition coefficient (Wildman–Crippen LogP) is 2.40. The van der Waals surface area contributed by atoms with E-state index in [1.807, 2.05) is 0 Å². The monoisotopic (exact) mass is 269 g/mol. The second-order valence-electron chi connectivity index (χ2n) is 4.06. The summed E-state index contributed by atoms with van der Waals surface area (Å²) in [5, 5.41) is 20.3. The van der Waals surface area contributed by atoms with Crippen LogP contribution in [-0.2, 0) is 0 Å². The van der Waals surface area contributed by atoms with E-state index in [1.54, 1.807) is 18.3 Å². The first-order valence-electron chi connectivity index (χ1n) is 5.59. The number of halogens is 2. The number of benzene rings is 1. The second-order valence-corrected chi connectivity index (χ2v) is 4.44. The molecular formula is C13H13ClFNO2. The summed E-state index contributed by atoms with van der Waals surface area (Å²) in [6.45, 7) is 0. The number of fused-ring (bicyclic) bond motifs is 1. The number of aromatic nitrogens is 1. The molecular weight excluding hydrogens is 257 g/mol. The van der Waals surface area contributed by atoms with Crippen molar-refractivity contribution < 1.29 is 14.6 Å². The van der Waals surface area contributed by atoms with Gasteiger partial charge >= 0.3 is 0 Å². The van der Waals surface area contributed by atoms with Crippen LogP contribution in [0.1, 0.15) is 18.1 Å². The van der Waals surface area contributed by atoms with Gasteiger partial charge in [-0.25, -0.2) is 4.39 Å². The number of aliphatic hydroxyl groups excluding tert-OH is 2. The Morgan fingerprint density at radius 1 is 1.33 bits per heavy atom. The molecule has 0 fully saturated rings. The number of aliphatic hydroxyl groups is 2. The molecule has 1 aromatic carbocycles. The van der Waals surface area contributed by atoms with Crippen LogP contribution in [0.5, 0.6) is 0 Å². The molecule has 0 saturated carbocycles. The van der Waals surface area contributed by atoms with Crippen LogP contribution in [0.2, 0.25) is 0 Å². The molecule has 0 bridgehead atoms. The molecule has 2 aromatic rings. The zero-order chi connectivity index (χ0) is 13.1. The first-order chi connectivity index (χ1) is 8.63. The molecule has 0 saturated heterocycles. The van der Waals surface area contributed by atoms with E-state index in [-0.39, 0.29) is 17.9 Å². The number of hydrogen-bond donors (Lipinski definition) is 2. The number of rotatable bonds is 4. The molecule has 96 valence electrons. The summed E-state index contributed by atoms with van der Waals surface area (Å²) >= 11 is 5.49. The highest BCUT2D eigenvalue weighted by Gasteiger charge is 2.21. The molecule has 18 heavy (non-hydrogen) atoms. The van der Waals surface area contributed by atoms with Gasteiger partial charge in [-0.05, 0) is 18.6 Å². The molecule has 0 aliphatic heterocycles. The van der Waals surface area contributed by atoms with Crippen molar-refractivity contribution in [3.8, 4) is 0 Å². The standard InChI is InChI=1S/C13H13ClFNO2/c14-4-3-12(17)13(18)9-6-8-2-1-5-16-11(8)7-10(9)15/h1-2,5-7,12-13,17-18H,3-4H2. The van der Waals surface area contributed by atoms with E-state index in [2.05, 4.69) is 4.98 Å². The summed E-state index contributed by atoms with van der Waals surface area (Å²) in [6.07, 6.45) is -0.590. The van der Waals surface area contributed by atoms with Gasteiger partial charge < -0.3 is 10.2 Å². The summed E-state index contributed by atoms with van der Waals surface area (Å²) in [6, 6.07) is 6.25. The molecule has 2 rings (SSSR count). The average molecular weight is 270 g/mol. The van der Waals surface area contributed by atoms with Crippen LogP contribution in [0.3, 0.4) is 0 Å². The smallest absolute Gasteiger partial charge is 0.131 e. The average Bonchev–Trinajstić information content (AvgIpc) is 2.37. The van der Waals surface area contributed by atoms with E-state index >= 15 is 0 Å². The molecule has 1 aromatic heterocycles. The molecule has 0 amide bonds. The van der Waals surface area contributed by atoms with E-state index in [1.165, 1.54) is 12.1 Å². The summed E-state index contributed by atoms with van der Waals surface area (Å²) in [5.41, 5.74) is 0.575. The van der Waals surface area contributed by atoms with Gasteiger partial charge in [-0.1, -0.05) is 6.07 Å². The maximum atomic E-state index is 13.8. The van der Waals surface area contributed by atoms with Crippen molar-refractivity contribution in [3.63, 3.8) is 0 Å². The van der Waals surface area contributed by atoms with Crippen LogP contribution in [0.15, 0.2) is 30.5 Å². The zero-order valence-corrected chi connectivity index (χ0v) is 10.3. The van der Waals surface area contributed by atoms with E-state index in [0.717, 1.165) is 0 Å². The fourth-order valence-corrected chi connectivity index (χ4v) is 2.04. The Morgan fingerprint density at radius 2 is 2.11 bits per heavy atom. The number of nitrogens with zero attached hydrogens (tertiary/aromatic N) is 1. The van der Waals surface area contributed by atoms with E-state index < -0.39 is 18.0 Å². The van der Waals surface area contributed by atoms with Gasteiger partial charge in [-0.3, -0.25) is 4.98 Å². The fraction of sp³-hybridized carbons (Fsp3) is 0.308. The van der Waals surface area contributed by atoms with Crippen molar-refractivity contribution >= 4 is 22.5 Å². The lowest BCUT2D eigenvalue weighted by molar-refractivity contribution is 0.0150. The number of pyridine rings is 1. The van der Waals surface area contributed by atoms with E-state index in [9.17, 15) is 14.6 Å². The van der Waals surface area contributed by atoms with Crippen LogP contribution in [0.25, 0.3) is 10.9 Å². The van der Waals surface area contributed by atoms with Gasteiger partial charge in [0.25, 0.3) is 0 Å². The molecule has 0 aliphatic carbocycles. The normalized spacial score (nSPS) is 14.7. The Balaban J connectivity index is 2.41. The quantitative estimate of drug-likeness (QED) is 0.838. The van der Waals surface area contributed by atoms with Gasteiger partial charge in [0.1, 0.15) is 11.9 Å². The molecule has 0 aliphatic rings. The topological polar surface area (TPSA) is 53.4 Å². The maximum Gasteiger partial charge on any atom is 0.131 e. The minimum atomic E-state index is -1.28. The highest BCUT2D eigenvalue weighted by atomic mass is 35.5. The first-order valence-corrected chi connectivity index (χ1v) is 6.13. The Labute approximate surface area is 109 Å². The first kappa shape index (κ1) is 13.2. The zero-order valence-electron chi connectivity index (χ0n) is 9.55. The highest BCUT2D eigenvalue weighted by Crippen LogP contribution is 2.26. The van der Waals surface area contributed by atoms with Crippen LogP contribution in [0, 0.1) is 5.82 Å². The Hall–Kier alpha value is -1.23. The largest absolute Gasteiger partial charge is 0.390 e. The predicted molar refractivity (Wildman–Crippen MR) is 68.0 cm³/mol. The Morgan fingerprint density at radius 3 is 2.83 bits per heavy atom. The Kier molecular flexibility index (Phi) is 4.11. The van der Waals surface area contributed by atoms with Crippen molar-refractivity contribution in [1.29, 1.82) is 0 Å². The molecule has 2 N–H and O–H groups in total.